The van der Waals surface area contributed by atoms with Crippen molar-refractivity contribution in [1.82, 2.24) is 10.2 Å². The van der Waals surface area contributed by atoms with E-state index in [4.69, 9.17) is 5.11 Å². The lowest BCUT2D eigenvalue weighted by Crippen LogP contribution is -2.33. The number of carbonyl (C=O) groups is 2. The van der Waals surface area contributed by atoms with Crippen LogP contribution in [0.2, 0.25) is 0 Å². The molecule has 0 spiro atoms. The molecule has 1 aromatic rings. The summed E-state index contributed by atoms with van der Waals surface area (Å²) in [6.07, 6.45) is 1.10. The normalized spacial score (nSPS) is 18.4. The Morgan fingerprint density at radius 2 is 2.05 bits per heavy atom. The van der Waals surface area contributed by atoms with Gasteiger partial charge in [0.2, 0.25) is 0 Å². The van der Waals surface area contributed by atoms with E-state index in [-0.39, 0.29) is 12.5 Å². The van der Waals surface area contributed by atoms with Crippen LogP contribution < -0.4 is 10.6 Å². The number of benzene rings is 1. The summed E-state index contributed by atoms with van der Waals surface area (Å²) < 4.78 is 0. The van der Waals surface area contributed by atoms with Gasteiger partial charge >= 0.3 is 12.0 Å². The molecule has 2 rings (SSSR count). The molecule has 2 amide bonds. The highest BCUT2D eigenvalue weighted by molar-refractivity contribution is 5.89. The third kappa shape index (κ3) is 5.07. The molecule has 6 nitrogen and oxygen atoms in total. The number of likely N-dealkylation sites (tertiary alicyclic amines) is 1. The molecule has 21 heavy (non-hydrogen) atoms. The molecule has 1 aliphatic heterocycles. The van der Waals surface area contributed by atoms with E-state index in [1.165, 1.54) is 0 Å². The van der Waals surface area contributed by atoms with Crippen molar-refractivity contribution < 1.29 is 14.7 Å². The SMILES string of the molecule is CN1CCC(CNC(=O)Nc2ccc(CC(=O)O)cc2)C1. The van der Waals surface area contributed by atoms with Crippen LogP contribution in [-0.2, 0) is 11.2 Å². The maximum Gasteiger partial charge on any atom is 0.319 e. The zero-order chi connectivity index (χ0) is 15.2. The van der Waals surface area contributed by atoms with Gasteiger partial charge in [-0.25, -0.2) is 4.79 Å². The second-order valence-corrected chi connectivity index (χ2v) is 5.52. The van der Waals surface area contributed by atoms with Crippen LogP contribution in [-0.4, -0.2) is 48.7 Å². The minimum atomic E-state index is -0.866. The topological polar surface area (TPSA) is 81.7 Å². The lowest BCUT2D eigenvalue weighted by molar-refractivity contribution is -0.136. The molecule has 6 heteroatoms. The number of hydrogen-bond acceptors (Lipinski definition) is 3. The van der Waals surface area contributed by atoms with Crippen LogP contribution in [0.5, 0.6) is 0 Å². The van der Waals surface area contributed by atoms with E-state index in [1.54, 1.807) is 24.3 Å². The standard InChI is InChI=1S/C15H21N3O3/c1-18-7-6-12(10-18)9-16-15(21)17-13-4-2-11(3-5-13)8-14(19)20/h2-5,12H,6-10H2,1H3,(H,19,20)(H2,16,17,21). The van der Waals surface area contributed by atoms with Gasteiger partial charge in [-0.3, -0.25) is 4.79 Å². The lowest BCUT2D eigenvalue weighted by atomic mass is 10.1. The molecule has 0 aliphatic carbocycles. The first-order valence-corrected chi connectivity index (χ1v) is 7.07. The van der Waals surface area contributed by atoms with Crippen molar-refractivity contribution in [2.24, 2.45) is 5.92 Å². The Kier molecular flexibility index (Phi) is 5.16. The lowest BCUT2D eigenvalue weighted by Gasteiger charge is -2.12. The van der Waals surface area contributed by atoms with Gasteiger partial charge < -0.3 is 20.6 Å². The van der Waals surface area contributed by atoms with Crippen molar-refractivity contribution in [3.05, 3.63) is 29.8 Å². The molecule has 1 saturated heterocycles. The second-order valence-electron chi connectivity index (χ2n) is 5.52. The molecule has 0 aromatic heterocycles. The van der Waals surface area contributed by atoms with E-state index in [0.717, 1.165) is 19.5 Å². The highest BCUT2D eigenvalue weighted by Gasteiger charge is 2.19. The van der Waals surface area contributed by atoms with Crippen LogP contribution in [0.4, 0.5) is 10.5 Å². The number of nitrogens with zero attached hydrogens (tertiary/aromatic N) is 1. The Balaban J connectivity index is 1.75. The van der Waals surface area contributed by atoms with Gasteiger partial charge in [-0.05, 0) is 43.6 Å². The maximum absolute atomic E-state index is 11.8. The van der Waals surface area contributed by atoms with E-state index >= 15 is 0 Å². The van der Waals surface area contributed by atoms with Crippen LogP contribution in [0.25, 0.3) is 0 Å². The number of hydrogen-bond donors (Lipinski definition) is 3. The van der Waals surface area contributed by atoms with Crippen molar-refractivity contribution in [3.8, 4) is 0 Å². The quantitative estimate of drug-likeness (QED) is 0.765. The number of carboxylic acids is 1. The molecule has 1 aromatic carbocycles. The molecular weight excluding hydrogens is 270 g/mol. The predicted molar refractivity (Wildman–Crippen MR) is 80.4 cm³/mol. The van der Waals surface area contributed by atoms with E-state index in [9.17, 15) is 9.59 Å². The summed E-state index contributed by atoms with van der Waals surface area (Å²) in [6.45, 7) is 2.77. The van der Waals surface area contributed by atoms with Crippen LogP contribution in [0.3, 0.4) is 0 Å². The zero-order valence-corrected chi connectivity index (χ0v) is 12.1. The smallest absolute Gasteiger partial charge is 0.319 e. The number of carboxylic acid groups (broad SMARTS) is 1. The second kappa shape index (κ2) is 7.08. The third-order valence-electron chi connectivity index (χ3n) is 3.61. The van der Waals surface area contributed by atoms with Crippen molar-refractivity contribution in [3.63, 3.8) is 0 Å². The number of aliphatic carboxylic acids is 1. The van der Waals surface area contributed by atoms with Gasteiger partial charge in [0.25, 0.3) is 0 Å². The Hall–Kier alpha value is -2.08. The van der Waals surface area contributed by atoms with Crippen molar-refractivity contribution >= 4 is 17.7 Å². The Morgan fingerprint density at radius 3 is 2.62 bits per heavy atom. The largest absolute Gasteiger partial charge is 0.481 e. The first-order valence-electron chi connectivity index (χ1n) is 7.07. The maximum atomic E-state index is 11.8. The molecule has 114 valence electrons. The fraction of sp³-hybridized carbons (Fsp3) is 0.467. The van der Waals surface area contributed by atoms with Crippen LogP contribution in [0.1, 0.15) is 12.0 Å². The van der Waals surface area contributed by atoms with Crippen LogP contribution >= 0.6 is 0 Å². The number of anilines is 1. The van der Waals surface area contributed by atoms with E-state index in [0.29, 0.717) is 23.7 Å². The van der Waals surface area contributed by atoms with Gasteiger partial charge in [0.15, 0.2) is 0 Å². The molecule has 1 fully saturated rings. The summed E-state index contributed by atoms with van der Waals surface area (Å²) >= 11 is 0. The third-order valence-corrected chi connectivity index (χ3v) is 3.61. The number of carbonyl (C=O) groups excluding carboxylic acids is 1. The van der Waals surface area contributed by atoms with E-state index < -0.39 is 5.97 Å². The number of rotatable bonds is 5. The average molecular weight is 291 g/mol. The number of nitrogens with one attached hydrogen (secondary N) is 2. The summed E-state index contributed by atoms with van der Waals surface area (Å²) in [5.41, 5.74) is 1.37. The molecule has 1 unspecified atom stereocenters. The molecule has 0 saturated carbocycles. The predicted octanol–water partition coefficient (Wildman–Crippen LogP) is 1.39. The highest BCUT2D eigenvalue weighted by Crippen LogP contribution is 2.13. The first-order chi connectivity index (χ1) is 10.0. The van der Waals surface area contributed by atoms with Gasteiger partial charge in [-0.2, -0.15) is 0 Å². The molecule has 3 N–H and O–H groups in total. The molecule has 0 bridgehead atoms. The molecule has 1 heterocycles. The van der Waals surface area contributed by atoms with E-state index in [1.807, 2.05) is 0 Å². The van der Waals surface area contributed by atoms with Crippen molar-refractivity contribution in [2.45, 2.75) is 12.8 Å². The van der Waals surface area contributed by atoms with Gasteiger partial charge in [0.05, 0.1) is 6.42 Å². The summed E-state index contributed by atoms with van der Waals surface area (Å²) in [6, 6.07) is 6.60. The summed E-state index contributed by atoms with van der Waals surface area (Å²) in [5, 5.41) is 14.3. The number of amides is 2. The summed E-state index contributed by atoms with van der Waals surface area (Å²) in [4.78, 5) is 24.6. The number of urea groups is 1. The molecule has 1 aliphatic rings. The fourth-order valence-electron chi connectivity index (χ4n) is 2.49. The minimum absolute atomic E-state index is 0.0122. The highest BCUT2D eigenvalue weighted by atomic mass is 16.4. The molecule has 1 atom stereocenters. The van der Waals surface area contributed by atoms with Gasteiger partial charge in [0.1, 0.15) is 0 Å². The molecular formula is C15H21N3O3. The van der Waals surface area contributed by atoms with Crippen LogP contribution in [0, 0.1) is 5.92 Å². The Bertz CT molecular complexity index is 501. The minimum Gasteiger partial charge on any atom is -0.481 e. The monoisotopic (exact) mass is 291 g/mol. The van der Waals surface area contributed by atoms with Gasteiger partial charge in [-0.15, -0.1) is 0 Å². The first kappa shape index (κ1) is 15.3. The Morgan fingerprint density at radius 1 is 1.33 bits per heavy atom. The molecule has 0 radical (unpaired) electrons. The van der Waals surface area contributed by atoms with Gasteiger partial charge in [-0.1, -0.05) is 12.1 Å². The van der Waals surface area contributed by atoms with Crippen molar-refractivity contribution in [1.29, 1.82) is 0 Å². The average Bonchev–Trinajstić information content (AvgIpc) is 2.84. The summed E-state index contributed by atoms with van der Waals surface area (Å²) in [7, 11) is 2.08. The zero-order valence-electron chi connectivity index (χ0n) is 12.1. The summed E-state index contributed by atoms with van der Waals surface area (Å²) in [5.74, 6) is -0.353. The van der Waals surface area contributed by atoms with Crippen LogP contribution in [0.15, 0.2) is 24.3 Å². The van der Waals surface area contributed by atoms with E-state index in [2.05, 4.69) is 22.6 Å². The fourth-order valence-corrected chi connectivity index (χ4v) is 2.49. The Labute approximate surface area is 124 Å². The van der Waals surface area contributed by atoms with Crippen molar-refractivity contribution in [2.75, 3.05) is 32.0 Å². The van der Waals surface area contributed by atoms with Gasteiger partial charge in [0, 0.05) is 18.8 Å².